The van der Waals surface area contributed by atoms with E-state index in [9.17, 15) is 5.11 Å². The Bertz CT molecular complexity index is 206. The number of hydrogen-bond acceptors (Lipinski definition) is 2. The van der Waals surface area contributed by atoms with Crippen LogP contribution in [0, 0.1) is 11.3 Å². The van der Waals surface area contributed by atoms with Gasteiger partial charge in [0.2, 0.25) is 0 Å². The summed E-state index contributed by atoms with van der Waals surface area (Å²) >= 11 is 0. The maximum atomic E-state index is 10.3. The molecule has 82 valence electrons. The van der Waals surface area contributed by atoms with E-state index in [-0.39, 0.29) is 11.5 Å². The largest absolute Gasteiger partial charge is 0.392 e. The van der Waals surface area contributed by atoms with Gasteiger partial charge in [-0.05, 0) is 45.2 Å². The second kappa shape index (κ2) is 3.82. The van der Waals surface area contributed by atoms with Crippen LogP contribution in [0.3, 0.4) is 0 Å². The Morgan fingerprint density at radius 3 is 2.71 bits per heavy atom. The van der Waals surface area contributed by atoms with E-state index in [1.807, 2.05) is 0 Å². The summed E-state index contributed by atoms with van der Waals surface area (Å²) in [6.45, 7) is 4.52. The fourth-order valence-electron chi connectivity index (χ4n) is 3.42. The Balaban J connectivity index is 2.12. The first-order valence-corrected chi connectivity index (χ1v) is 6.01. The highest BCUT2D eigenvalue weighted by molar-refractivity contribution is 4.98. The molecule has 1 saturated heterocycles. The third-order valence-electron chi connectivity index (χ3n) is 4.31. The van der Waals surface area contributed by atoms with E-state index in [1.54, 1.807) is 0 Å². The zero-order valence-corrected chi connectivity index (χ0v) is 9.50. The van der Waals surface area contributed by atoms with Crippen molar-refractivity contribution in [3.05, 3.63) is 0 Å². The molecular weight excluding hydrogens is 174 g/mol. The lowest BCUT2D eigenvalue weighted by Crippen LogP contribution is -2.41. The highest BCUT2D eigenvalue weighted by Crippen LogP contribution is 2.46. The van der Waals surface area contributed by atoms with Crippen molar-refractivity contribution in [2.75, 3.05) is 20.1 Å². The Hall–Kier alpha value is -0.0800. The first kappa shape index (κ1) is 10.4. The topological polar surface area (TPSA) is 23.5 Å². The summed E-state index contributed by atoms with van der Waals surface area (Å²) < 4.78 is 0. The summed E-state index contributed by atoms with van der Waals surface area (Å²) in [4.78, 5) is 2.41. The van der Waals surface area contributed by atoms with Crippen LogP contribution in [0.5, 0.6) is 0 Å². The lowest BCUT2D eigenvalue weighted by molar-refractivity contribution is 0.00891. The van der Waals surface area contributed by atoms with E-state index < -0.39 is 0 Å². The van der Waals surface area contributed by atoms with Gasteiger partial charge in [-0.2, -0.15) is 0 Å². The molecule has 1 heterocycles. The summed E-state index contributed by atoms with van der Waals surface area (Å²) in [7, 11) is 2.20. The second-order valence-electron chi connectivity index (χ2n) is 5.52. The van der Waals surface area contributed by atoms with Gasteiger partial charge in [0.1, 0.15) is 0 Å². The van der Waals surface area contributed by atoms with Crippen LogP contribution in [0.4, 0.5) is 0 Å². The van der Waals surface area contributed by atoms with Gasteiger partial charge < -0.3 is 10.0 Å². The predicted octanol–water partition coefficient (Wildman–Crippen LogP) is 1.88. The summed E-state index contributed by atoms with van der Waals surface area (Å²) in [5.74, 6) is 0.515. The normalized spacial score (nSPS) is 45.6. The lowest BCUT2D eigenvalue weighted by atomic mass is 9.78. The van der Waals surface area contributed by atoms with Gasteiger partial charge in [-0.3, -0.25) is 0 Å². The summed E-state index contributed by atoms with van der Waals surface area (Å²) in [6, 6.07) is 0. The van der Waals surface area contributed by atoms with Crippen molar-refractivity contribution >= 4 is 0 Å². The molecule has 3 unspecified atom stereocenters. The molecule has 1 N–H and O–H groups in total. The summed E-state index contributed by atoms with van der Waals surface area (Å²) in [6.07, 6.45) is 6.24. The number of aliphatic hydroxyl groups is 1. The van der Waals surface area contributed by atoms with Crippen LogP contribution < -0.4 is 0 Å². The molecule has 1 spiro atoms. The van der Waals surface area contributed by atoms with Gasteiger partial charge in [0.25, 0.3) is 0 Å². The molecule has 0 bridgehead atoms. The van der Waals surface area contributed by atoms with Gasteiger partial charge in [0.15, 0.2) is 0 Å². The second-order valence-corrected chi connectivity index (χ2v) is 5.52. The maximum absolute atomic E-state index is 10.3. The van der Waals surface area contributed by atoms with Crippen LogP contribution >= 0.6 is 0 Å². The Labute approximate surface area is 87.3 Å². The minimum atomic E-state index is -0.0527. The first-order chi connectivity index (χ1) is 6.64. The smallest absolute Gasteiger partial charge is 0.0634 e. The van der Waals surface area contributed by atoms with E-state index in [0.29, 0.717) is 5.92 Å². The van der Waals surface area contributed by atoms with Crippen LogP contribution in [0.2, 0.25) is 0 Å². The highest BCUT2D eigenvalue weighted by Gasteiger charge is 2.46. The number of hydrogen-bond donors (Lipinski definition) is 1. The van der Waals surface area contributed by atoms with Crippen LogP contribution in [0.25, 0.3) is 0 Å². The molecule has 14 heavy (non-hydrogen) atoms. The quantitative estimate of drug-likeness (QED) is 0.641. The first-order valence-electron chi connectivity index (χ1n) is 6.01. The van der Waals surface area contributed by atoms with E-state index in [1.165, 1.54) is 38.6 Å². The Morgan fingerprint density at radius 2 is 2.07 bits per heavy atom. The molecule has 3 atom stereocenters. The molecule has 2 fully saturated rings. The molecule has 0 amide bonds. The number of nitrogens with zero attached hydrogens (tertiary/aromatic N) is 1. The van der Waals surface area contributed by atoms with E-state index in [4.69, 9.17) is 0 Å². The van der Waals surface area contributed by atoms with Crippen LogP contribution in [0.15, 0.2) is 0 Å². The molecular formula is C12H23NO. The highest BCUT2D eigenvalue weighted by atomic mass is 16.3. The summed E-state index contributed by atoms with van der Waals surface area (Å²) in [5.41, 5.74) is 0.241. The molecule has 2 heteroatoms. The molecule has 2 nitrogen and oxygen atoms in total. The minimum Gasteiger partial charge on any atom is -0.392 e. The molecule has 2 rings (SSSR count). The molecule has 0 aromatic heterocycles. The van der Waals surface area contributed by atoms with Crippen molar-refractivity contribution < 1.29 is 5.11 Å². The number of likely N-dealkylation sites (tertiary alicyclic amines) is 1. The van der Waals surface area contributed by atoms with Crippen LogP contribution in [0.1, 0.15) is 39.0 Å². The van der Waals surface area contributed by atoms with Crippen molar-refractivity contribution in [3.63, 3.8) is 0 Å². The zero-order valence-electron chi connectivity index (χ0n) is 9.50. The summed E-state index contributed by atoms with van der Waals surface area (Å²) in [5, 5.41) is 10.3. The van der Waals surface area contributed by atoms with Gasteiger partial charge in [0.05, 0.1) is 6.10 Å². The predicted molar refractivity (Wildman–Crippen MR) is 58.2 cm³/mol. The molecule has 1 aliphatic carbocycles. The van der Waals surface area contributed by atoms with E-state index in [2.05, 4.69) is 18.9 Å². The third kappa shape index (κ3) is 1.70. The Kier molecular flexibility index (Phi) is 2.85. The van der Waals surface area contributed by atoms with E-state index in [0.717, 1.165) is 6.54 Å². The SMILES string of the molecule is CC1CCC2(CCCCN(C)C2)C1O. The third-order valence-corrected chi connectivity index (χ3v) is 4.31. The van der Waals surface area contributed by atoms with Crippen molar-refractivity contribution in [1.29, 1.82) is 0 Å². The zero-order chi connectivity index (χ0) is 10.2. The van der Waals surface area contributed by atoms with Crippen LogP contribution in [-0.2, 0) is 0 Å². The molecule has 2 aliphatic rings. The maximum Gasteiger partial charge on any atom is 0.0634 e. The average Bonchev–Trinajstić information content (AvgIpc) is 2.39. The molecule has 0 aromatic carbocycles. The van der Waals surface area contributed by atoms with Gasteiger partial charge in [-0.25, -0.2) is 0 Å². The average molecular weight is 197 g/mol. The molecule has 1 saturated carbocycles. The fourth-order valence-corrected chi connectivity index (χ4v) is 3.42. The van der Waals surface area contributed by atoms with Crippen LogP contribution in [-0.4, -0.2) is 36.2 Å². The number of aliphatic hydroxyl groups excluding tert-OH is 1. The van der Waals surface area contributed by atoms with Gasteiger partial charge in [-0.15, -0.1) is 0 Å². The van der Waals surface area contributed by atoms with E-state index >= 15 is 0 Å². The standard InChI is InChI=1S/C12H23NO/c1-10-5-7-12(11(10)14)6-3-4-8-13(2)9-12/h10-11,14H,3-9H2,1-2H3. The molecule has 1 aliphatic heterocycles. The minimum absolute atomic E-state index is 0.0527. The van der Waals surface area contributed by atoms with Crippen molar-refractivity contribution in [2.24, 2.45) is 11.3 Å². The lowest BCUT2D eigenvalue weighted by Gasteiger charge is -2.35. The van der Waals surface area contributed by atoms with Crippen molar-refractivity contribution in [1.82, 2.24) is 4.90 Å². The monoisotopic (exact) mass is 197 g/mol. The van der Waals surface area contributed by atoms with Gasteiger partial charge >= 0.3 is 0 Å². The van der Waals surface area contributed by atoms with Gasteiger partial charge in [-0.1, -0.05) is 13.3 Å². The van der Waals surface area contributed by atoms with Crippen molar-refractivity contribution in [3.8, 4) is 0 Å². The van der Waals surface area contributed by atoms with Gasteiger partial charge in [0, 0.05) is 12.0 Å². The fraction of sp³-hybridized carbons (Fsp3) is 1.00. The van der Waals surface area contributed by atoms with Crippen molar-refractivity contribution in [2.45, 2.75) is 45.1 Å². The number of rotatable bonds is 0. The molecule has 0 aromatic rings. The Morgan fingerprint density at radius 1 is 1.29 bits per heavy atom. The molecule has 0 radical (unpaired) electrons.